The highest BCUT2D eigenvalue weighted by molar-refractivity contribution is 5.79. The molecule has 4 nitrogen and oxygen atoms in total. The Hall–Kier alpha value is -3.32. The minimum Gasteiger partial charge on any atom is -0.273 e. The number of rotatable bonds is 3. The Morgan fingerprint density at radius 3 is 2.48 bits per heavy atom. The zero-order chi connectivity index (χ0) is 20.8. The number of benzene rings is 2. The van der Waals surface area contributed by atoms with Crippen LogP contribution in [0.25, 0.3) is 16.7 Å². The number of aromatic amines is 1. The van der Waals surface area contributed by atoms with Gasteiger partial charge in [0.2, 0.25) is 11.5 Å². The number of aromatic nitrogens is 2. The van der Waals surface area contributed by atoms with Gasteiger partial charge in [-0.25, -0.2) is 0 Å². The Bertz CT molecular complexity index is 1320. The van der Waals surface area contributed by atoms with Crippen LogP contribution in [-0.4, -0.2) is 4.98 Å². The Balaban J connectivity index is 1.47. The van der Waals surface area contributed by atoms with E-state index in [1.165, 1.54) is 48.8 Å². The normalized spacial score (nSPS) is 16.5. The molecule has 1 saturated carbocycles. The van der Waals surface area contributed by atoms with Gasteiger partial charge in [0, 0.05) is 5.56 Å². The van der Waals surface area contributed by atoms with Gasteiger partial charge in [0.15, 0.2) is 0 Å². The topological polar surface area (TPSA) is 55.7 Å². The second-order valence-corrected chi connectivity index (χ2v) is 9.05. The third-order valence-electron chi connectivity index (χ3n) is 7.25. The van der Waals surface area contributed by atoms with Gasteiger partial charge in [0.1, 0.15) is 22.7 Å². The summed E-state index contributed by atoms with van der Waals surface area (Å²) in [6, 6.07) is 19.9. The summed E-state index contributed by atoms with van der Waals surface area (Å²) < 4.78 is 2.22. The third kappa shape index (κ3) is 2.99. The van der Waals surface area contributed by atoms with Crippen LogP contribution < -0.4 is 9.72 Å². The van der Waals surface area contributed by atoms with Crippen molar-refractivity contribution in [3.8, 4) is 6.07 Å². The van der Waals surface area contributed by atoms with Crippen molar-refractivity contribution in [1.82, 2.24) is 4.98 Å². The van der Waals surface area contributed by atoms with Crippen molar-refractivity contribution in [2.24, 2.45) is 0 Å². The van der Waals surface area contributed by atoms with E-state index in [-0.39, 0.29) is 0 Å². The van der Waals surface area contributed by atoms with Crippen LogP contribution in [0.2, 0.25) is 0 Å². The molecule has 4 heteroatoms. The molecule has 0 amide bonds. The minimum atomic E-state index is 0.719. The van der Waals surface area contributed by atoms with Crippen LogP contribution in [0.3, 0.4) is 0 Å². The summed E-state index contributed by atoms with van der Waals surface area (Å²) in [5, 5.41) is 13.7. The molecule has 2 aromatic carbocycles. The van der Waals surface area contributed by atoms with Crippen molar-refractivity contribution in [2.75, 3.05) is 5.32 Å². The second-order valence-electron chi connectivity index (χ2n) is 9.05. The predicted octanol–water partition coefficient (Wildman–Crippen LogP) is 6.06. The second kappa shape index (κ2) is 7.42. The minimum absolute atomic E-state index is 0.719. The fourth-order valence-corrected chi connectivity index (χ4v) is 5.71. The average molecular weight is 408 g/mol. The molecular weight excluding hydrogens is 380 g/mol. The Morgan fingerprint density at radius 2 is 1.68 bits per heavy atom. The van der Waals surface area contributed by atoms with Crippen molar-refractivity contribution >= 4 is 28.2 Å². The average Bonchev–Trinajstić information content (AvgIpc) is 3.45. The van der Waals surface area contributed by atoms with E-state index in [1.54, 1.807) is 0 Å². The molecule has 0 aliphatic heterocycles. The van der Waals surface area contributed by atoms with E-state index in [0.29, 0.717) is 0 Å². The lowest BCUT2D eigenvalue weighted by atomic mass is 9.84. The number of nitrogens with one attached hydrogen (secondary N) is 2. The van der Waals surface area contributed by atoms with Gasteiger partial charge >= 0.3 is 0 Å². The molecule has 2 heterocycles. The van der Waals surface area contributed by atoms with Crippen molar-refractivity contribution in [3.63, 3.8) is 0 Å². The zero-order valence-electron chi connectivity index (χ0n) is 17.7. The number of nitriles is 1. The number of pyridine rings is 1. The fourth-order valence-electron chi connectivity index (χ4n) is 5.71. The van der Waals surface area contributed by atoms with Gasteiger partial charge in [-0.15, -0.1) is 0 Å². The summed E-state index contributed by atoms with van der Waals surface area (Å²) >= 11 is 0. The van der Waals surface area contributed by atoms with E-state index in [9.17, 15) is 5.26 Å². The fraction of sp³-hybridized carbons (Fsp3) is 0.333. The lowest BCUT2D eigenvalue weighted by Crippen LogP contribution is -2.28. The van der Waals surface area contributed by atoms with Crippen LogP contribution in [0.4, 0.5) is 11.5 Å². The molecule has 2 aliphatic rings. The maximum atomic E-state index is 9.96. The summed E-state index contributed by atoms with van der Waals surface area (Å²) in [6.45, 7) is 0. The lowest BCUT2D eigenvalue weighted by molar-refractivity contribution is -0.465. The summed E-state index contributed by atoms with van der Waals surface area (Å²) in [5.74, 6) is 1.82. The molecule has 0 saturated heterocycles. The van der Waals surface area contributed by atoms with Crippen LogP contribution >= 0.6 is 0 Å². The molecule has 2 aromatic heterocycles. The van der Waals surface area contributed by atoms with Gasteiger partial charge in [0.25, 0.3) is 0 Å². The molecular formula is C27H27N4+. The molecule has 1 fully saturated rings. The first kappa shape index (κ1) is 18.4. The Kier molecular flexibility index (Phi) is 4.42. The number of H-pyrrole nitrogens is 1. The lowest BCUT2D eigenvalue weighted by Gasteiger charge is -2.22. The van der Waals surface area contributed by atoms with Gasteiger partial charge in [-0.05, 0) is 73.4 Å². The number of hydrogen-bond donors (Lipinski definition) is 2. The van der Waals surface area contributed by atoms with E-state index >= 15 is 0 Å². The molecule has 0 radical (unpaired) electrons. The number of hydrogen-bond acceptors (Lipinski definition) is 2. The van der Waals surface area contributed by atoms with Crippen LogP contribution in [0.5, 0.6) is 0 Å². The first-order chi connectivity index (χ1) is 15.3. The highest BCUT2D eigenvalue weighted by Crippen LogP contribution is 2.35. The summed E-state index contributed by atoms with van der Waals surface area (Å²) in [5.41, 5.74) is 8.92. The van der Waals surface area contributed by atoms with Crippen molar-refractivity contribution < 1.29 is 4.40 Å². The van der Waals surface area contributed by atoms with Crippen molar-refractivity contribution in [1.29, 1.82) is 5.26 Å². The molecule has 0 unspecified atom stereocenters. The number of nitrogens with zero attached hydrogens (tertiary/aromatic N) is 2. The van der Waals surface area contributed by atoms with E-state index < -0.39 is 0 Å². The first-order valence-electron chi connectivity index (χ1n) is 11.6. The largest absolute Gasteiger partial charge is 0.273 e. The van der Waals surface area contributed by atoms with Gasteiger partial charge in [0.05, 0.1) is 5.69 Å². The molecule has 0 atom stereocenters. The van der Waals surface area contributed by atoms with Crippen LogP contribution in [0.1, 0.15) is 66.7 Å². The molecule has 0 spiro atoms. The maximum Gasteiger partial charge on any atom is 0.250 e. The summed E-state index contributed by atoms with van der Waals surface area (Å²) in [7, 11) is 0. The molecule has 154 valence electrons. The molecule has 31 heavy (non-hydrogen) atoms. The molecule has 2 aliphatic carbocycles. The van der Waals surface area contributed by atoms with E-state index in [2.05, 4.69) is 63.2 Å². The molecule has 4 aromatic rings. The molecule has 2 N–H and O–H groups in total. The highest BCUT2D eigenvalue weighted by Gasteiger charge is 2.30. The smallest absolute Gasteiger partial charge is 0.250 e. The standard InChI is InChI=1S/C27H26N4/c28-17-23-21-9-6-10-22(21)26(31-25-12-5-4-11-24(25)30-27(23)31)29-20-15-13-19(14-16-20)18-7-2-1-3-8-18/h4-5,11-16,18H,1-3,6-10H2,(H,29,30)/p+1. The number of fused-ring (bicyclic) bond motifs is 4. The van der Waals surface area contributed by atoms with Crippen molar-refractivity contribution in [2.45, 2.75) is 57.3 Å². The monoisotopic (exact) mass is 407 g/mol. The zero-order valence-corrected chi connectivity index (χ0v) is 17.7. The van der Waals surface area contributed by atoms with Gasteiger partial charge in [-0.3, -0.25) is 10.3 Å². The number of imidazole rings is 1. The summed E-state index contributed by atoms with van der Waals surface area (Å²) in [4.78, 5) is 3.51. The van der Waals surface area contributed by atoms with Gasteiger partial charge in [-0.2, -0.15) is 9.66 Å². The summed E-state index contributed by atoms with van der Waals surface area (Å²) in [6.07, 6.45) is 9.83. The molecule has 0 bridgehead atoms. The van der Waals surface area contributed by atoms with E-state index in [0.717, 1.165) is 58.9 Å². The van der Waals surface area contributed by atoms with Crippen molar-refractivity contribution in [3.05, 3.63) is 70.8 Å². The van der Waals surface area contributed by atoms with Crippen LogP contribution in [0.15, 0.2) is 48.5 Å². The Labute approximate surface area is 182 Å². The van der Waals surface area contributed by atoms with E-state index in [4.69, 9.17) is 0 Å². The third-order valence-corrected chi connectivity index (χ3v) is 7.25. The van der Waals surface area contributed by atoms with Gasteiger partial charge in [-0.1, -0.05) is 43.5 Å². The maximum absolute atomic E-state index is 9.96. The van der Waals surface area contributed by atoms with Crippen LogP contribution in [-0.2, 0) is 12.8 Å². The highest BCUT2D eigenvalue weighted by atomic mass is 15.1. The van der Waals surface area contributed by atoms with Gasteiger partial charge < -0.3 is 0 Å². The molecule has 6 rings (SSSR count). The SMILES string of the molecule is N#Cc1c2c(c(Nc3ccc(C4CCCCC4)cc3)[n+]3c1[nH]c1ccccc13)CCC2. The first-order valence-corrected chi connectivity index (χ1v) is 11.6. The number of anilines is 2. The van der Waals surface area contributed by atoms with E-state index in [1.807, 2.05) is 6.07 Å². The Morgan fingerprint density at radius 1 is 0.903 bits per heavy atom. The quantitative estimate of drug-likeness (QED) is 0.406. The van der Waals surface area contributed by atoms with Crippen LogP contribution in [0, 0.1) is 11.3 Å². The predicted molar refractivity (Wildman–Crippen MR) is 124 cm³/mol. The number of para-hydroxylation sites is 2.